The van der Waals surface area contributed by atoms with E-state index in [2.05, 4.69) is 15.5 Å². The van der Waals surface area contributed by atoms with Gasteiger partial charge in [0.1, 0.15) is 10.8 Å². The Hall–Kier alpha value is -2.72. The predicted molar refractivity (Wildman–Crippen MR) is 122 cm³/mol. The fourth-order valence-electron chi connectivity index (χ4n) is 5.48. The van der Waals surface area contributed by atoms with Gasteiger partial charge in [0.25, 0.3) is 11.8 Å². The largest absolute Gasteiger partial charge is 0.511 e. The maximum Gasteiger partial charge on any atom is 0.511 e. The zero-order chi connectivity index (χ0) is 23.6. The third-order valence-corrected chi connectivity index (χ3v) is 8.45. The molecule has 2 aromatic rings. The first-order chi connectivity index (χ1) is 16.3. The van der Waals surface area contributed by atoms with Gasteiger partial charge in [-0.05, 0) is 63.9 Å². The lowest BCUT2D eigenvalue weighted by atomic mass is 9.70. The van der Waals surface area contributed by atoms with Gasteiger partial charge in [0, 0.05) is 23.1 Å². The Balaban J connectivity index is 1.39. The number of thiophene rings is 1. The first kappa shape index (κ1) is 21.8. The molecule has 0 unspecified atom stereocenters. The van der Waals surface area contributed by atoms with Crippen molar-refractivity contribution < 1.29 is 28.7 Å². The van der Waals surface area contributed by atoms with E-state index < -0.39 is 6.16 Å². The Kier molecular flexibility index (Phi) is 5.07. The van der Waals surface area contributed by atoms with E-state index in [9.17, 15) is 14.7 Å². The number of hydrogen-bond acceptors (Lipinski definition) is 8. The molecule has 2 aromatic heterocycles. The van der Waals surface area contributed by atoms with Crippen molar-refractivity contribution in [3.05, 3.63) is 27.6 Å². The number of hydrogen-bond donors (Lipinski definition) is 2. The van der Waals surface area contributed by atoms with Crippen molar-refractivity contribution in [2.24, 2.45) is 11.8 Å². The van der Waals surface area contributed by atoms with Crippen molar-refractivity contribution in [1.82, 2.24) is 10.1 Å². The van der Waals surface area contributed by atoms with Crippen LogP contribution in [0, 0.1) is 11.8 Å². The molecule has 180 valence electrons. The minimum absolute atomic E-state index is 0.00419. The lowest BCUT2D eigenvalue weighted by Crippen LogP contribution is -2.34. The molecule has 2 bridgehead atoms. The summed E-state index contributed by atoms with van der Waals surface area (Å²) in [4.78, 5) is 30.6. The van der Waals surface area contributed by atoms with Crippen LogP contribution < -0.4 is 5.32 Å². The van der Waals surface area contributed by atoms with Crippen molar-refractivity contribution in [2.75, 3.05) is 5.32 Å². The van der Waals surface area contributed by atoms with Gasteiger partial charge < -0.3 is 24.4 Å². The molecule has 0 spiro atoms. The van der Waals surface area contributed by atoms with Crippen LogP contribution in [0.3, 0.4) is 0 Å². The fraction of sp³-hybridized carbons (Fsp3) is 0.583. The van der Waals surface area contributed by atoms with Gasteiger partial charge in [-0.1, -0.05) is 5.16 Å². The van der Waals surface area contributed by atoms with Crippen LogP contribution in [0.1, 0.15) is 74.6 Å². The third-order valence-electron chi connectivity index (χ3n) is 7.33. The van der Waals surface area contributed by atoms with Crippen molar-refractivity contribution in [1.29, 1.82) is 0 Å². The Bertz CT molecular complexity index is 1200. The Morgan fingerprint density at radius 3 is 2.53 bits per heavy atom. The van der Waals surface area contributed by atoms with Gasteiger partial charge in [0.05, 0.1) is 23.3 Å². The topological polar surface area (TPSA) is 124 Å². The van der Waals surface area contributed by atoms with Gasteiger partial charge >= 0.3 is 6.16 Å². The summed E-state index contributed by atoms with van der Waals surface area (Å²) < 4.78 is 16.8. The van der Waals surface area contributed by atoms with E-state index in [0.29, 0.717) is 47.0 Å². The summed E-state index contributed by atoms with van der Waals surface area (Å²) >= 11 is 1.45. The molecule has 0 saturated heterocycles. The third kappa shape index (κ3) is 3.82. The summed E-state index contributed by atoms with van der Waals surface area (Å²) in [6.45, 7) is 4.52. The van der Waals surface area contributed by atoms with Crippen LogP contribution in [0.4, 0.5) is 9.80 Å². The molecular formula is C24H27N3O6S. The summed E-state index contributed by atoms with van der Waals surface area (Å²) in [5.41, 5.74) is 1.93. The average Bonchev–Trinajstić information content (AvgIpc) is 3.43. The van der Waals surface area contributed by atoms with Gasteiger partial charge in [0.2, 0.25) is 0 Å². The van der Waals surface area contributed by atoms with Crippen LogP contribution in [0.2, 0.25) is 0 Å². The monoisotopic (exact) mass is 485 g/mol. The second-order valence-corrected chi connectivity index (χ2v) is 11.4. The van der Waals surface area contributed by atoms with E-state index in [1.807, 2.05) is 13.8 Å². The summed E-state index contributed by atoms with van der Waals surface area (Å²) in [6, 6.07) is 0. The highest BCUT2D eigenvalue weighted by Crippen LogP contribution is 2.49. The number of ether oxygens (including phenoxy) is 2. The molecule has 10 heteroatoms. The van der Waals surface area contributed by atoms with E-state index in [-0.39, 0.29) is 23.3 Å². The summed E-state index contributed by atoms with van der Waals surface area (Å²) in [7, 11) is 0. The molecule has 0 radical (unpaired) electrons. The van der Waals surface area contributed by atoms with Crippen LogP contribution >= 0.6 is 11.3 Å². The summed E-state index contributed by atoms with van der Waals surface area (Å²) in [6.07, 6.45) is 4.84. The van der Waals surface area contributed by atoms with Gasteiger partial charge in [-0.25, -0.2) is 4.79 Å². The molecule has 4 aliphatic carbocycles. The number of allylic oxidation sites excluding steroid dienone is 1. The summed E-state index contributed by atoms with van der Waals surface area (Å²) in [5.74, 6) is 1.45. The van der Waals surface area contributed by atoms with Crippen LogP contribution in [0.5, 0.6) is 0 Å². The Labute approximate surface area is 200 Å². The van der Waals surface area contributed by atoms with Crippen molar-refractivity contribution >= 4 is 28.4 Å². The van der Waals surface area contributed by atoms with Crippen LogP contribution in [0.25, 0.3) is 11.5 Å². The number of aromatic nitrogens is 2. The molecule has 2 N–H and O–H groups in total. The first-order valence-corrected chi connectivity index (χ1v) is 12.7. The number of nitrogens with one attached hydrogen (secondary N) is 1. The number of rotatable bonds is 5. The molecule has 2 fully saturated rings. The summed E-state index contributed by atoms with van der Waals surface area (Å²) in [5, 5.41) is 17.1. The number of amides is 1. The second-order valence-electron chi connectivity index (χ2n) is 10.3. The molecular weight excluding hydrogens is 458 g/mol. The first-order valence-electron chi connectivity index (χ1n) is 11.9. The van der Waals surface area contributed by atoms with Crippen molar-refractivity contribution in [3.8, 4) is 11.5 Å². The van der Waals surface area contributed by atoms with Gasteiger partial charge in [-0.15, -0.1) is 11.3 Å². The zero-order valence-corrected chi connectivity index (χ0v) is 20.0. The van der Waals surface area contributed by atoms with E-state index >= 15 is 0 Å². The number of anilines is 1. The van der Waals surface area contributed by atoms with Crippen molar-refractivity contribution in [2.45, 2.75) is 76.9 Å². The quantitative estimate of drug-likeness (QED) is 0.552. The van der Waals surface area contributed by atoms with E-state index in [0.717, 1.165) is 54.5 Å². The SMILES string of the molecule is CC1(C)Cc2c(sc(NC(=O)C3=C(OC(=O)O)C4CCC3CC4)c2-c2nc(C3CC3)no2)CO1. The maximum absolute atomic E-state index is 13.6. The fourth-order valence-corrected chi connectivity index (χ4v) is 6.59. The Morgan fingerprint density at radius 1 is 1.12 bits per heavy atom. The molecule has 1 aliphatic heterocycles. The highest BCUT2D eigenvalue weighted by molar-refractivity contribution is 7.17. The highest BCUT2D eigenvalue weighted by atomic mass is 32.1. The lowest BCUT2D eigenvalue weighted by Gasteiger charge is -2.37. The molecule has 34 heavy (non-hydrogen) atoms. The Morgan fingerprint density at radius 2 is 1.82 bits per heavy atom. The molecule has 9 nitrogen and oxygen atoms in total. The minimum atomic E-state index is -1.38. The second kappa shape index (κ2) is 7.91. The van der Waals surface area contributed by atoms with Gasteiger partial charge in [0.15, 0.2) is 5.82 Å². The molecule has 0 atom stereocenters. The van der Waals surface area contributed by atoms with Crippen LogP contribution in [0.15, 0.2) is 15.9 Å². The average molecular weight is 486 g/mol. The smallest absolute Gasteiger partial charge is 0.449 e. The number of carbonyl (C=O) groups excluding carboxylic acids is 1. The number of nitrogens with zero attached hydrogens (tertiary/aromatic N) is 2. The molecule has 5 aliphatic rings. The van der Waals surface area contributed by atoms with Crippen LogP contribution in [-0.4, -0.2) is 32.9 Å². The van der Waals surface area contributed by atoms with E-state index in [1.54, 1.807) is 0 Å². The number of carbonyl (C=O) groups is 2. The van der Waals surface area contributed by atoms with Gasteiger partial charge in [-0.3, -0.25) is 4.79 Å². The molecule has 3 heterocycles. The number of carboxylic acid groups (broad SMARTS) is 1. The molecule has 7 rings (SSSR count). The maximum atomic E-state index is 13.6. The molecule has 2 saturated carbocycles. The van der Waals surface area contributed by atoms with E-state index in [1.165, 1.54) is 11.3 Å². The van der Waals surface area contributed by atoms with Gasteiger partial charge in [-0.2, -0.15) is 4.98 Å². The molecule has 0 aromatic carbocycles. The normalized spacial score (nSPS) is 25.2. The standard InChI is InChI=1S/C24H27N3O6S/c1-24(2)9-14-15(10-31-24)34-22(17(14)21-25-19(27-33-21)13-7-8-13)26-20(28)16-11-3-5-12(6-4-11)18(16)32-23(29)30/h11-13H,3-10H2,1-2H3,(H,26,28)(H,29,30). The minimum Gasteiger partial charge on any atom is -0.449 e. The molecule has 1 amide bonds. The van der Waals surface area contributed by atoms with Crippen LogP contribution in [-0.2, 0) is 27.3 Å². The van der Waals surface area contributed by atoms with E-state index in [4.69, 9.17) is 14.0 Å². The van der Waals surface area contributed by atoms with Crippen molar-refractivity contribution in [3.63, 3.8) is 0 Å². The lowest BCUT2D eigenvalue weighted by molar-refractivity contribution is -0.114. The predicted octanol–water partition coefficient (Wildman–Crippen LogP) is 5.23. The highest BCUT2D eigenvalue weighted by Gasteiger charge is 2.42. The zero-order valence-electron chi connectivity index (χ0n) is 19.2. The number of fused-ring (bicyclic) bond motifs is 3.